The molecule has 3 saturated heterocycles. The van der Waals surface area contributed by atoms with Crippen LogP contribution < -0.4 is 10.6 Å². The predicted molar refractivity (Wildman–Crippen MR) is 159 cm³/mol. The molecule has 2 atom stereocenters. The van der Waals surface area contributed by atoms with Gasteiger partial charge in [0.25, 0.3) is 5.91 Å². The average molecular weight is 584 g/mol. The summed E-state index contributed by atoms with van der Waals surface area (Å²) in [6.45, 7) is 9.49. The van der Waals surface area contributed by atoms with Gasteiger partial charge in [-0.05, 0) is 58.6 Å². The predicted octanol–water partition coefficient (Wildman–Crippen LogP) is 3.91. The number of carbonyl (C=O) groups excluding carboxylic acids is 4. The Morgan fingerprint density at radius 3 is 2.63 bits per heavy atom. The number of ether oxygens (including phenoxy) is 1. The maximum absolute atomic E-state index is 13.8. The van der Waals surface area contributed by atoms with E-state index in [2.05, 4.69) is 22.5 Å². The van der Waals surface area contributed by atoms with Crippen LogP contribution in [0.25, 0.3) is 10.1 Å². The number of hydrogen-bond donors (Lipinski definition) is 2. The molecule has 5 rings (SSSR count). The first-order valence-electron chi connectivity index (χ1n) is 14.8. The Morgan fingerprint density at radius 1 is 1.15 bits per heavy atom. The fourth-order valence-electron chi connectivity index (χ4n) is 6.94. The van der Waals surface area contributed by atoms with Crippen LogP contribution >= 0.6 is 11.3 Å². The van der Waals surface area contributed by atoms with E-state index in [4.69, 9.17) is 4.74 Å². The van der Waals surface area contributed by atoms with Crippen LogP contribution in [0.4, 0.5) is 9.80 Å². The van der Waals surface area contributed by atoms with Gasteiger partial charge in [0.05, 0.1) is 17.5 Å². The van der Waals surface area contributed by atoms with Crippen molar-refractivity contribution in [2.75, 3.05) is 51.2 Å². The average Bonchev–Trinajstić information content (AvgIpc) is 3.42. The normalized spacial score (nSPS) is 23.8. The van der Waals surface area contributed by atoms with Gasteiger partial charge in [-0.2, -0.15) is 0 Å². The van der Waals surface area contributed by atoms with Crippen molar-refractivity contribution in [3.63, 3.8) is 0 Å². The van der Waals surface area contributed by atoms with Gasteiger partial charge in [-0.15, -0.1) is 11.3 Å². The van der Waals surface area contributed by atoms with Crippen LogP contribution in [-0.2, 0) is 14.3 Å². The second-order valence-electron chi connectivity index (χ2n) is 11.6. The molecule has 3 aliphatic heterocycles. The fourth-order valence-corrected chi connectivity index (χ4v) is 8.03. The van der Waals surface area contributed by atoms with E-state index >= 15 is 0 Å². The van der Waals surface area contributed by atoms with Crippen molar-refractivity contribution in [2.24, 2.45) is 5.41 Å². The minimum atomic E-state index is -0.379. The van der Waals surface area contributed by atoms with Gasteiger partial charge in [0.2, 0.25) is 5.91 Å². The van der Waals surface area contributed by atoms with Crippen molar-refractivity contribution < 1.29 is 23.9 Å². The molecule has 4 heterocycles. The molecule has 2 aromatic rings. The zero-order valence-corrected chi connectivity index (χ0v) is 25.1. The number of hydrogen-bond acceptors (Lipinski definition) is 7. The lowest BCUT2D eigenvalue weighted by Gasteiger charge is -2.45. The van der Waals surface area contributed by atoms with Crippen molar-refractivity contribution in [1.29, 1.82) is 0 Å². The Kier molecular flexibility index (Phi) is 8.84. The molecule has 1 aromatic heterocycles. The number of nitrogens with one attached hydrogen (secondary N) is 2. The monoisotopic (exact) mass is 583 g/mol. The van der Waals surface area contributed by atoms with Gasteiger partial charge in [0.15, 0.2) is 0 Å². The molecule has 10 nitrogen and oxygen atoms in total. The summed E-state index contributed by atoms with van der Waals surface area (Å²) in [5, 5.41) is 7.08. The first-order valence-corrected chi connectivity index (χ1v) is 15.6. The zero-order valence-electron chi connectivity index (χ0n) is 24.2. The van der Waals surface area contributed by atoms with Crippen LogP contribution in [0, 0.1) is 5.41 Å². The van der Waals surface area contributed by atoms with Crippen molar-refractivity contribution in [1.82, 2.24) is 20.0 Å². The lowest BCUT2D eigenvalue weighted by molar-refractivity contribution is -0.146. The summed E-state index contributed by atoms with van der Waals surface area (Å²) < 4.78 is 6.08. The van der Waals surface area contributed by atoms with Crippen LogP contribution in [0.5, 0.6) is 0 Å². The number of amides is 4. The minimum absolute atomic E-state index is 0.0500. The number of urea groups is 1. The van der Waals surface area contributed by atoms with Crippen molar-refractivity contribution in [2.45, 2.75) is 65.0 Å². The second-order valence-corrected chi connectivity index (χ2v) is 12.6. The molecule has 3 aliphatic rings. The van der Waals surface area contributed by atoms with Gasteiger partial charge >= 0.3 is 12.0 Å². The van der Waals surface area contributed by atoms with Gasteiger partial charge in [0.1, 0.15) is 11.6 Å². The number of fused-ring (bicyclic) bond motifs is 1. The molecule has 3 fully saturated rings. The third kappa shape index (κ3) is 6.06. The topological polar surface area (TPSA) is 111 Å². The van der Waals surface area contributed by atoms with Crippen molar-refractivity contribution in [3.8, 4) is 0 Å². The lowest BCUT2D eigenvalue weighted by atomic mass is 9.76. The zero-order chi connectivity index (χ0) is 29.1. The molecular weight excluding hydrogens is 542 g/mol. The highest BCUT2D eigenvalue weighted by atomic mass is 32.1. The summed E-state index contributed by atoms with van der Waals surface area (Å²) in [6.07, 6.45) is 4.39. The van der Waals surface area contributed by atoms with Crippen LogP contribution in [0.2, 0.25) is 0 Å². The molecular formula is C30H41N5O5S. The molecule has 0 bridgehead atoms. The standard InChI is InChI=1S/C30H41N5O5S/c1-4-31-29(39)32-26-25(23-8-5-6-9-24(23)41-26)27(37)33-14-10-22(11-15-33)34-13-7-12-30(19-34)18-20(2)35(28(30)38)16-17-40-21(3)36/h5-6,8-9,20,22H,4,7,10-19H2,1-3H3,(H2,31,32,39). The summed E-state index contributed by atoms with van der Waals surface area (Å²) >= 11 is 1.42. The molecule has 41 heavy (non-hydrogen) atoms. The Balaban J connectivity index is 1.23. The second kappa shape index (κ2) is 12.4. The van der Waals surface area contributed by atoms with E-state index in [0.29, 0.717) is 42.8 Å². The van der Waals surface area contributed by atoms with Gasteiger partial charge in [-0.1, -0.05) is 18.2 Å². The highest BCUT2D eigenvalue weighted by molar-refractivity contribution is 7.23. The molecule has 222 valence electrons. The number of nitrogens with zero attached hydrogens (tertiary/aromatic N) is 3. The first-order chi connectivity index (χ1) is 19.7. The Hall–Kier alpha value is -3.18. The Bertz CT molecular complexity index is 1310. The lowest BCUT2D eigenvalue weighted by Crippen LogP contribution is -2.54. The third-order valence-electron chi connectivity index (χ3n) is 8.82. The Labute approximate surface area is 245 Å². The summed E-state index contributed by atoms with van der Waals surface area (Å²) in [5.74, 6) is -0.189. The number of benzene rings is 1. The quantitative estimate of drug-likeness (QED) is 0.478. The third-order valence-corrected chi connectivity index (χ3v) is 9.90. The number of thiophene rings is 1. The van der Waals surface area contributed by atoms with E-state index in [0.717, 1.165) is 55.3 Å². The summed E-state index contributed by atoms with van der Waals surface area (Å²) in [7, 11) is 0. The molecule has 2 unspecified atom stereocenters. The highest BCUT2D eigenvalue weighted by Crippen LogP contribution is 2.44. The Morgan fingerprint density at radius 2 is 1.90 bits per heavy atom. The molecule has 11 heteroatoms. The number of anilines is 1. The van der Waals surface area contributed by atoms with E-state index in [1.807, 2.05) is 41.0 Å². The molecule has 4 amide bonds. The summed E-state index contributed by atoms with van der Waals surface area (Å²) in [6, 6.07) is 7.91. The van der Waals surface area contributed by atoms with Gasteiger partial charge < -0.3 is 19.9 Å². The number of rotatable bonds is 7. The van der Waals surface area contributed by atoms with Gasteiger partial charge in [-0.25, -0.2) is 4.79 Å². The van der Waals surface area contributed by atoms with Gasteiger partial charge in [-0.3, -0.25) is 24.6 Å². The maximum atomic E-state index is 13.8. The van der Waals surface area contributed by atoms with Crippen LogP contribution in [0.3, 0.4) is 0 Å². The molecule has 0 aliphatic carbocycles. The molecule has 1 spiro atoms. The smallest absolute Gasteiger partial charge is 0.319 e. The number of piperidine rings is 2. The molecule has 1 aromatic carbocycles. The van der Waals surface area contributed by atoms with Crippen LogP contribution in [0.1, 0.15) is 63.2 Å². The van der Waals surface area contributed by atoms with E-state index in [-0.39, 0.29) is 41.9 Å². The maximum Gasteiger partial charge on any atom is 0.319 e. The first kappa shape index (κ1) is 29.3. The highest BCUT2D eigenvalue weighted by Gasteiger charge is 2.52. The van der Waals surface area contributed by atoms with Crippen LogP contribution in [-0.4, -0.2) is 96.5 Å². The van der Waals surface area contributed by atoms with E-state index in [1.54, 1.807) is 0 Å². The fraction of sp³-hybridized carbons (Fsp3) is 0.600. The van der Waals surface area contributed by atoms with Gasteiger partial charge in [0, 0.05) is 55.3 Å². The minimum Gasteiger partial charge on any atom is -0.464 e. The molecule has 0 radical (unpaired) electrons. The summed E-state index contributed by atoms with van der Waals surface area (Å²) in [5.41, 5.74) is 0.183. The summed E-state index contributed by atoms with van der Waals surface area (Å²) in [4.78, 5) is 57.2. The largest absolute Gasteiger partial charge is 0.464 e. The van der Waals surface area contributed by atoms with E-state index in [9.17, 15) is 19.2 Å². The van der Waals surface area contributed by atoms with Crippen molar-refractivity contribution >= 4 is 50.2 Å². The van der Waals surface area contributed by atoms with Crippen LogP contribution in [0.15, 0.2) is 24.3 Å². The number of esters is 1. The van der Waals surface area contributed by atoms with Crippen molar-refractivity contribution in [3.05, 3.63) is 29.8 Å². The molecule has 0 saturated carbocycles. The van der Waals surface area contributed by atoms with E-state index < -0.39 is 0 Å². The van der Waals surface area contributed by atoms with E-state index in [1.165, 1.54) is 18.3 Å². The molecule has 2 N–H and O–H groups in total. The number of carbonyl (C=O) groups is 4. The SMILES string of the molecule is CCNC(=O)Nc1sc2ccccc2c1C(=O)N1CCC(N2CCCC3(CC(C)N(CCOC(C)=O)C3=O)C2)CC1. The number of likely N-dealkylation sites (tertiary alicyclic amines) is 3.